The van der Waals surface area contributed by atoms with Crippen LogP contribution in [0.5, 0.6) is 11.5 Å². The topological polar surface area (TPSA) is 35.5 Å². The molecule has 1 aliphatic heterocycles. The zero-order valence-corrected chi connectivity index (χ0v) is 11.8. The largest absolute Gasteiger partial charge is 0.497 e. The summed E-state index contributed by atoms with van der Waals surface area (Å²) in [6.07, 6.45) is 2.63. The molecule has 19 heavy (non-hydrogen) atoms. The van der Waals surface area contributed by atoms with Crippen molar-refractivity contribution in [1.29, 1.82) is 0 Å². The molecular weight excluding hydrogens is 260 g/mol. The second-order valence-corrected chi connectivity index (χ2v) is 5.89. The number of ketones is 1. The SMILES string of the molecule is COc1ccc([C@H]2C[C@@]23CSC=CC3=O)c(OC)c1. The number of thioether (sulfide) groups is 1. The van der Waals surface area contributed by atoms with Crippen molar-refractivity contribution in [3.63, 3.8) is 0 Å². The molecule has 0 N–H and O–H groups in total. The Balaban J connectivity index is 1.93. The standard InChI is InChI=1S/C15H16O3S/c1-17-10-3-4-11(13(7-10)18-2)12-8-15(12)9-19-6-5-14(15)16/h3-7,12H,8-9H2,1-2H3/t12-,15-/m1/s1. The number of hydrogen-bond donors (Lipinski definition) is 0. The first-order valence-electron chi connectivity index (χ1n) is 6.26. The monoisotopic (exact) mass is 276 g/mol. The second-order valence-electron chi connectivity index (χ2n) is 5.00. The van der Waals surface area contributed by atoms with E-state index in [9.17, 15) is 4.79 Å². The third-order valence-corrected chi connectivity index (χ3v) is 5.05. The van der Waals surface area contributed by atoms with Gasteiger partial charge in [-0.3, -0.25) is 4.79 Å². The molecule has 0 amide bonds. The van der Waals surface area contributed by atoms with Gasteiger partial charge in [0.05, 0.1) is 19.6 Å². The van der Waals surface area contributed by atoms with Gasteiger partial charge in [0.25, 0.3) is 0 Å². The molecular formula is C15H16O3S. The first-order chi connectivity index (χ1) is 9.21. The molecule has 1 aromatic carbocycles. The normalized spacial score (nSPS) is 28.5. The molecule has 0 saturated heterocycles. The van der Waals surface area contributed by atoms with Crippen molar-refractivity contribution >= 4 is 17.5 Å². The third-order valence-electron chi connectivity index (χ3n) is 4.04. The average Bonchev–Trinajstić information content (AvgIpc) is 3.16. The fourth-order valence-corrected chi connectivity index (χ4v) is 3.87. The van der Waals surface area contributed by atoms with Gasteiger partial charge in [-0.25, -0.2) is 0 Å². The molecule has 0 aromatic heterocycles. The number of benzene rings is 1. The Bertz CT molecular complexity index is 552. The van der Waals surface area contributed by atoms with Gasteiger partial charge in [0.15, 0.2) is 5.78 Å². The lowest BCUT2D eigenvalue weighted by Crippen LogP contribution is -2.20. The Hall–Kier alpha value is -1.42. The molecule has 1 fully saturated rings. The summed E-state index contributed by atoms with van der Waals surface area (Å²) in [6.45, 7) is 0. The van der Waals surface area contributed by atoms with Crippen LogP contribution in [0, 0.1) is 5.41 Å². The van der Waals surface area contributed by atoms with E-state index < -0.39 is 0 Å². The van der Waals surface area contributed by atoms with E-state index in [1.807, 2.05) is 23.6 Å². The highest BCUT2D eigenvalue weighted by molar-refractivity contribution is 8.02. The molecule has 1 aromatic rings. The maximum Gasteiger partial charge on any atom is 0.163 e. The van der Waals surface area contributed by atoms with Crippen LogP contribution in [-0.4, -0.2) is 25.8 Å². The third kappa shape index (κ3) is 1.94. The minimum Gasteiger partial charge on any atom is -0.497 e. The van der Waals surface area contributed by atoms with Crippen molar-refractivity contribution in [2.45, 2.75) is 12.3 Å². The van der Waals surface area contributed by atoms with E-state index in [-0.39, 0.29) is 17.1 Å². The van der Waals surface area contributed by atoms with Crippen LogP contribution < -0.4 is 9.47 Å². The van der Waals surface area contributed by atoms with E-state index in [4.69, 9.17) is 9.47 Å². The number of carbonyl (C=O) groups excluding carboxylic acids is 1. The van der Waals surface area contributed by atoms with E-state index in [1.165, 1.54) is 0 Å². The molecule has 2 aliphatic rings. The first-order valence-corrected chi connectivity index (χ1v) is 7.30. The van der Waals surface area contributed by atoms with Crippen molar-refractivity contribution in [2.24, 2.45) is 5.41 Å². The Morgan fingerprint density at radius 3 is 2.84 bits per heavy atom. The molecule has 0 unspecified atom stereocenters. The van der Waals surface area contributed by atoms with Gasteiger partial charge < -0.3 is 9.47 Å². The summed E-state index contributed by atoms with van der Waals surface area (Å²) < 4.78 is 10.6. The van der Waals surface area contributed by atoms with Crippen LogP contribution in [0.15, 0.2) is 29.7 Å². The lowest BCUT2D eigenvalue weighted by Gasteiger charge is -2.18. The number of rotatable bonds is 3. The molecule has 3 rings (SSSR count). The highest BCUT2D eigenvalue weighted by Gasteiger charge is 2.60. The molecule has 100 valence electrons. The van der Waals surface area contributed by atoms with Crippen LogP contribution in [0.3, 0.4) is 0 Å². The summed E-state index contributed by atoms with van der Waals surface area (Å²) in [5.74, 6) is 3.00. The lowest BCUT2D eigenvalue weighted by molar-refractivity contribution is -0.118. The number of hydrogen-bond acceptors (Lipinski definition) is 4. The van der Waals surface area contributed by atoms with E-state index in [2.05, 4.69) is 0 Å². The summed E-state index contributed by atoms with van der Waals surface area (Å²) >= 11 is 1.72. The number of methoxy groups -OCH3 is 2. The van der Waals surface area contributed by atoms with Gasteiger partial charge in [-0.1, -0.05) is 6.07 Å². The predicted molar refractivity (Wildman–Crippen MR) is 75.9 cm³/mol. The molecule has 1 spiro atoms. The van der Waals surface area contributed by atoms with Crippen LogP contribution in [0.4, 0.5) is 0 Å². The minimum atomic E-state index is -0.193. The van der Waals surface area contributed by atoms with Crippen molar-refractivity contribution in [3.8, 4) is 11.5 Å². The summed E-state index contributed by atoms with van der Waals surface area (Å²) in [4.78, 5) is 12.1. The van der Waals surface area contributed by atoms with Gasteiger partial charge in [-0.15, -0.1) is 11.8 Å². The van der Waals surface area contributed by atoms with E-state index in [0.29, 0.717) is 0 Å². The molecule has 2 atom stereocenters. The molecule has 1 aliphatic carbocycles. The van der Waals surface area contributed by atoms with Crippen molar-refractivity contribution in [2.75, 3.05) is 20.0 Å². The zero-order valence-electron chi connectivity index (χ0n) is 11.0. The quantitative estimate of drug-likeness (QED) is 0.850. The molecule has 4 heteroatoms. The van der Waals surface area contributed by atoms with Crippen LogP contribution in [0.1, 0.15) is 17.9 Å². The van der Waals surface area contributed by atoms with Gasteiger partial charge in [-0.2, -0.15) is 0 Å². The maximum atomic E-state index is 12.1. The van der Waals surface area contributed by atoms with Gasteiger partial charge in [0.2, 0.25) is 0 Å². The molecule has 1 saturated carbocycles. The van der Waals surface area contributed by atoms with Crippen LogP contribution in [0.25, 0.3) is 0 Å². The Morgan fingerprint density at radius 2 is 2.16 bits per heavy atom. The van der Waals surface area contributed by atoms with Crippen molar-refractivity contribution < 1.29 is 14.3 Å². The maximum absolute atomic E-state index is 12.1. The second kappa shape index (κ2) is 4.60. The van der Waals surface area contributed by atoms with E-state index in [1.54, 1.807) is 32.1 Å². The fourth-order valence-electron chi connectivity index (χ4n) is 2.79. The van der Waals surface area contributed by atoms with Gasteiger partial charge >= 0.3 is 0 Å². The predicted octanol–water partition coefficient (Wildman–Crippen LogP) is 3.01. The van der Waals surface area contributed by atoms with Crippen molar-refractivity contribution in [3.05, 3.63) is 35.2 Å². The molecule has 1 heterocycles. The molecule has 0 radical (unpaired) electrons. The zero-order chi connectivity index (χ0) is 13.5. The Labute approximate surface area is 117 Å². The fraction of sp³-hybridized carbons (Fsp3) is 0.400. The van der Waals surface area contributed by atoms with E-state index >= 15 is 0 Å². The summed E-state index contributed by atoms with van der Waals surface area (Å²) in [6, 6.07) is 5.84. The minimum absolute atomic E-state index is 0.193. The van der Waals surface area contributed by atoms with Gasteiger partial charge in [-0.05, 0) is 29.5 Å². The van der Waals surface area contributed by atoms with E-state index in [0.717, 1.165) is 29.2 Å². The molecule has 0 bridgehead atoms. The van der Waals surface area contributed by atoms with Crippen molar-refractivity contribution in [1.82, 2.24) is 0 Å². The Morgan fingerprint density at radius 1 is 1.32 bits per heavy atom. The van der Waals surface area contributed by atoms with Crippen LogP contribution >= 0.6 is 11.8 Å². The smallest absolute Gasteiger partial charge is 0.163 e. The lowest BCUT2D eigenvalue weighted by atomic mass is 9.95. The molecule has 3 nitrogen and oxygen atoms in total. The average molecular weight is 276 g/mol. The van der Waals surface area contributed by atoms with Gasteiger partial charge in [0.1, 0.15) is 11.5 Å². The number of carbonyl (C=O) groups is 1. The summed E-state index contributed by atoms with van der Waals surface area (Å²) in [7, 11) is 3.30. The summed E-state index contributed by atoms with van der Waals surface area (Å²) in [5.41, 5.74) is 0.925. The number of allylic oxidation sites excluding steroid dienone is 1. The number of ether oxygens (including phenoxy) is 2. The van der Waals surface area contributed by atoms with Gasteiger partial charge in [0, 0.05) is 17.7 Å². The Kier molecular flexibility index (Phi) is 3.05. The highest BCUT2D eigenvalue weighted by Crippen LogP contribution is 2.64. The summed E-state index contributed by atoms with van der Waals surface area (Å²) in [5, 5.41) is 1.90. The van der Waals surface area contributed by atoms with Crippen LogP contribution in [-0.2, 0) is 4.79 Å². The first kappa shape index (κ1) is 12.6. The van der Waals surface area contributed by atoms with Crippen LogP contribution in [0.2, 0.25) is 0 Å². The highest BCUT2D eigenvalue weighted by atomic mass is 32.2.